The van der Waals surface area contributed by atoms with E-state index in [0.717, 1.165) is 37.0 Å². The van der Waals surface area contributed by atoms with Gasteiger partial charge in [-0.2, -0.15) is 0 Å². The van der Waals surface area contributed by atoms with Crippen LogP contribution in [0.3, 0.4) is 0 Å². The second kappa shape index (κ2) is 15.0. The predicted molar refractivity (Wildman–Crippen MR) is 143 cm³/mol. The van der Waals surface area contributed by atoms with Crippen LogP contribution in [-0.4, -0.2) is 18.0 Å². The molecule has 0 aliphatic carbocycles. The number of rotatable bonds is 16. The lowest BCUT2D eigenvalue weighted by atomic mass is 9.80. The summed E-state index contributed by atoms with van der Waals surface area (Å²) in [4.78, 5) is 0. The van der Waals surface area contributed by atoms with Gasteiger partial charge in [-0.3, -0.25) is 0 Å². The molecular weight excluding hydrogens is 392 g/mol. The van der Waals surface area contributed by atoms with Crippen molar-refractivity contribution < 1.29 is 9.84 Å². The molecule has 0 aromatic carbocycles. The first-order valence-corrected chi connectivity index (χ1v) is 13.8. The summed E-state index contributed by atoms with van der Waals surface area (Å²) < 4.78 is 6.09. The summed E-state index contributed by atoms with van der Waals surface area (Å²) in [7, 11) is 0. The van der Waals surface area contributed by atoms with Crippen molar-refractivity contribution in [1.29, 1.82) is 0 Å². The maximum atomic E-state index is 11.0. The molecule has 32 heavy (non-hydrogen) atoms. The van der Waals surface area contributed by atoms with Crippen molar-refractivity contribution >= 4 is 0 Å². The van der Waals surface area contributed by atoms with E-state index in [-0.39, 0.29) is 5.92 Å². The van der Waals surface area contributed by atoms with E-state index in [1.54, 1.807) is 0 Å². The second-order valence-electron chi connectivity index (χ2n) is 14.4. The van der Waals surface area contributed by atoms with Crippen molar-refractivity contribution in [2.45, 2.75) is 141 Å². The fraction of sp³-hybridized carbons (Fsp3) is 1.00. The largest absolute Gasteiger partial charge is 0.368 e. The van der Waals surface area contributed by atoms with E-state index in [1.165, 1.54) is 32.1 Å². The number of aliphatic hydroxyl groups excluding tert-OH is 1. The molecule has 0 aliphatic heterocycles. The summed E-state index contributed by atoms with van der Waals surface area (Å²) in [5.74, 6) is 3.72. The Morgan fingerprint density at radius 3 is 1.66 bits per heavy atom. The molecule has 2 nitrogen and oxygen atoms in total. The number of aliphatic hydroxyl groups is 1. The van der Waals surface area contributed by atoms with Crippen LogP contribution in [0.4, 0.5) is 0 Å². The Kier molecular flexibility index (Phi) is 15.0. The Bertz CT molecular complexity index is 456. The Balaban J connectivity index is 4.65. The summed E-state index contributed by atoms with van der Waals surface area (Å²) in [6.07, 6.45) is 8.82. The first-order valence-electron chi connectivity index (χ1n) is 13.8. The molecule has 0 rings (SSSR count). The first kappa shape index (κ1) is 31.9. The third-order valence-electron chi connectivity index (χ3n) is 6.69. The lowest BCUT2D eigenvalue weighted by molar-refractivity contribution is -0.147. The summed E-state index contributed by atoms with van der Waals surface area (Å²) in [5.41, 5.74) is 0.665. The SMILES string of the molecule is CC(C)CC(C)CC(C)CC(C)COC(O)C(CCC(C)CC(C)(C)C)CCC(C)(C)C. The van der Waals surface area contributed by atoms with Crippen molar-refractivity contribution in [3.8, 4) is 0 Å². The molecular formula is C30H62O2. The number of hydrogen-bond donors (Lipinski definition) is 1. The van der Waals surface area contributed by atoms with E-state index >= 15 is 0 Å². The number of hydrogen-bond acceptors (Lipinski definition) is 2. The van der Waals surface area contributed by atoms with Gasteiger partial charge in [-0.15, -0.1) is 0 Å². The molecule has 6 atom stereocenters. The van der Waals surface area contributed by atoms with E-state index in [9.17, 15) is 5.11 Å². The van der Waals surface area contributed by atoms with E-state index in [1.807, 2.05) is 0 Å². The maximum absolute atomic E-state index is 11.0. The Labute approximate surface area is 203 Å². The van der Waals surface area contributed by atoms with Crippen molar-refractivity contribution in [2.24, 2.45) is 46.3 Å². The van der Waals surface area contributed by atoms with Crippen molar-refractivity contribution in [3.63, 3.8) is 0 Å². The van der Waals surface area contributed by atoms with E-state index in [2.05, 4.69) is 83.1 Å². The van der Waals surface area contributed by atoms with Gasteiger partial charge in [-0.05, 0) is 85.4 Å². The minimum atomic E-state index is -0.628. The first-order chi connectivity index (χ1) is 14.5. The highest BCUT2D eigenvalue weighted by Crippen LogP contribution is 2.32. The van der Waals surface area contributed by atoms with Gasteiger partial charge >= 0.3 is 0 Å². The van der Waals surface area contributed by atoms with Gasteiger partial charge in [0.1, 0.15) is 0 Å². The van der Waals surface area contributed by atoms with E-state index < -0.39 is 6.29 Å². The maximum Gasteiger partial charge on any atom is 0.157 e. The van der Waals surface area contributed by atoms with Crippen LogP contribution in [0.15, 0.2) is 0 Å². The quantitative estimate of drug-likeness (QED) is 0.235. The lowest BCUT2D eigenvalue weighted by Gasteiger charge is -2.30. The van der Waals surface area contributed by atoms with Gasteiger partial charge in [0.15, 0.2) is 6.29 Å². The molecule has 0 spiro atoms. The molecule has 194 valence electrons. The summed E-state index contributed by atoms with van der Waals surface area (Å²) >= 11 is 0. The summed E-state index contributed by atoms with van der Waals surface area (Å²) in [6.45, 7) is 28.6. The molecule has 6 unspecified atom stereocenters. The molecule has 0 saturated carbocycles. The molecule has 0 aliphatic rings. The smallest absolute Gasteiger partial charge is 0.157 e. The van der Waals surface area contributed by atoms with Gasteiger partial charge < -0.3 is 9.84 Å². The van der Waals surface area contributed by atoms with Crippen LogP contribution in [-0.2, 0) is 4.74 Å². The van der Waals surface area contributed by atoms with Crippen LogP contribution in [0, 0.1) is 46.3 Å². The minimum absolute atomic E-state index is 0.243. The van der Waals surface area contributed by atoms with Crippen LogP contribution in [0.2, 0.25) is 0 Å². The minimum Gasteiger partial charge on any atom is -0.368 e. The second-order valence-corrected chi connectivity index (χ2v) is 14.4. The molecule has 0 bridgehead atoms. The van der Waals surface area contributed by atoms with E-state index in [4.69, 9.17) is 4.74 Å². The Morgan fingerprint density at radius 1 is 0.625 bits per heavy atom. The van der Waals surface area contributed by atoms with Gasteiger partial charge in [0.05, 0.1) is 6.61 Å². The van der Waals surface area contributed by atoms with Crippen LogP contribution >= 0.6 is 0 Å². The zero-order chi connectivity index (χ0) is 25.1. The third-order valence-corrected chi connectivity index (χ3v) is 6.69. The monoisotopic (exact) mass is 454 g/mol. The summed E-state index contributed by atoms with van der Waals surface area (Å²) in [6, 6.07) is 0. The Hall–Kier alpha value is -0.0800. The fourth-order valence-corrected chi connectivity index (χ4v) is 5.53. The van der Waals surface area contributed by atoms with Gasteiger partial charge in [-0.25, -0.2) is 0 Å². The standard InChI is InChI=1S/C30H62O2/c1-22(2)17-24(4)18-25(5)19-26(6)21-32-28(31)27(15-16-29(7,8)9)14-13-23(3)20-30(10,11)12/h22-28,31H,13-21H2,1-12H3. The molecule has 0 fully saturated rings. The lowest BCUT2D eigenvalue weighted by Crippen LogP contribution is -2.28. The normalized spacial score (nSPS) is 18.9. The Morgan fingerprint density at radius 2 is 1.16 bits per heavy atom. The topological polar surface area (TPSA) is 29.5 Å². The molecule has 0 radical (unpaired) electrons. The zero-order valence-corrected chi connectivity index (χ0v) is 24.3. The summed E-state index contributed by atoms with van der Waals surface area (Å²) in [5, 5.41) is 11.0. The molecule has 0 saturated heterocycles. The van der Waals surface area contributed by atoms with Crippen LogP contribution in [0.1, 0.15) is 134 Å². The van der Waals surface area contributed by atoms with Crippen molar-refractivity contribution in [1.82, 2.24) is 0 Å². The highest BCUT2D eigenvalue weighted by atomic mass is 16.6. The molecule has 0 amide bonds. The van der Waals surface area contributed by atoms with Crippen LogP contribution < -0.4 is 0 Å². The zero-order valence-electron chi connectivity index (χ0n) is 24.3. The van der Waals surface area contributed by atoms with Gasteiger partial charge in [-0.1, -0.05) is 89.5 Å². The van der Waals surface area contributed by atoms with Crippen molar-refractivity contribution in [3.05, 3.63) is 0 Å². The molecule has 2 heteroatoms. The molecule has 1 N–H and O–H groups in total. The highest BCUT2D eigenvalue weighted by Gasteiger charge is 2.25. The fourth-order valence-electron chi connectivity index (χ4n) is 5.53. The highest BCUT2D eigenvalue weighted by molar-refractivity contribution is 4.73. The van der Waals surface area contributed by atoms with E-state index in [0.29, 0.717) is 29.3 Å². The van der Waals surface area contributed by atoms with Gasteiger partial charge in [0, 0.05) is 5.92 Å². The predicted octanol–water partition coefficient (Wildman–Crippen LogP) is 9.35. The van der Waals surface area contributed by atoms with Crippen LogP contribution in [0.5, 0.6) is 0 Å². The number of ether oxygens (including phenoxy) is 1. The van der Waals surface area contributed by atoms with Gasteiger partial charge in [0.25, 0.3) is 0 Å². The molecule has 0 heterocycles. The van der Waals surface area contributed by atoms with Gasteiger partial charge in [0.2, 0.25) is 0 Å². The third kappa shape index (κ3) is 18.4. The average Bonchev–Trinajstić information content (AvgIpc) is 2.56. The molecule has 0 aromatic heterocycles. The average molecular weight is 455 g/mol. The molecule has 0 aromatic rings. The van der Waals surface area contributed by atoms with Crippen LogP contribution in [0.25, 0.3) is 0 Å². The van der Waals surface area contributed by atoms with Crippen molar-refractivity contribution in [2.75, 3.05) is 6.61 Å².